The van der Waals surface area contributed by atoms with Crippen LogP contribution in [-0.4, -0.2) is 36.5 Å². The monoisotopic (exact) mass is 551 g/mol. The van der Waals surface area contributed by atoms with Crippen molar-refractivity contribution >= 4 is 17.3 Å². The fraction of sp³-hybridized carbons (Fsp3) is 0.286. The number of aliphatic hydroxyl groups excluding tert-OH is 1. The second kappa shape index (κ2) is 12.1. The molecule has 0 radical (unpaired) electrons. The van der Waals surface area contributed by atoms with Crippen LogP contribution in [0.2, 0.25) is 5.02 Å². The van der Waals surface area contributed by atoms with Crippen molar-refractivity contribution in [3.63, 3.8) is 0 Å². The molecule has 10 nitrogen and oxygen atoms in total. The van der Waals surface area contributed by atoms with E-state index in [1.165, 1.54) is 15.3 Å². The van der Waals surface area contributed by atoms with Gasteiger partial charge >= 0.3 is 11.4 Å². The molecule has 0 unspecified atom stereocenters. The molecule has 2 aromatic carbocycles. The van der Waals surface area contributed by atoms with Gasteiger partial charge in [0.1, 0.15) is 5.75 Å². The Balaban J connectivity index is 1.85. The second-order valence-electron chi connectivity index (χ2n) is 9.32. The third kappa shape index (κ3) is 6.65. The lowest BCUT2D eigenvalue weighted by atomic mass is 10.2. The lowest BCUT2D eigenvalue weighted by Crippen LogP contribution is -2.50. The SMILES string of the molecule is Cc1cc(/N=c2\[nH]c(=O)n(Cc3cccn(CCO)c3=O)c(=O)n2Cc2ccc(Cl)cc2)ccc1OC(C)C. The van der Waals surface area contributed by atoms with Crippen LogP contribution in [-0.2, 0) is 19.6 Å². The van der Waals surface area contributed by atoms with Gasteiger partial charge in [0, 0.05) is 23.3 Å². The van der Waals surface area contributed by atoms with Gasteiger partial charge in [-0.25, -0.2) is 19.1 Å². The van der Waals surface area contributed by atoms with Crippen LogP contribution in [0.5, 0.6) is 5.75 Å². The van der Waals surface area contributed by atoms with Crippen molar-refractivity contribution in [1.29, 1.82) is 0 Å². The van der Waals surface area contributed by atoms with E-state index < -0.39 is 16.9 Å². The summed E-state index contributed by atoms with van der Waals surface area (Å²) in [4.78, 5) is 46.9. The van der Waals surface area contributed by atoms with Crippen LogP contribution < -0.4 is 27.3 Å². The summed E-state index contributed by atoms with van der Waals surface area (Å²) in [5, 5.41) is 9.78. The maximum Gasteiger partial charge on any atom is 0.335 e. The normalized spacial score (nSPS) is 11.8. The quantitative estimate of drug-likeness (QED) is 0.331. The van der Waals surface area contributed by atoms with Crippen LogP contribution in [0.15, 0.2) is 80.2 Å². The third-order valence-electron chi connectivity index (χ3n) is 5.96. The maximum atomic E-state index is 13.7. The molecular weight excluding hydrogens is 522 g/mol. The van der Waals surface area contributed by atoms with Gasteiger partial charge in [-0.2, -0.15) is 0 Å². The van der Waals surface area contributed by atoms with Crippen LogP contribution in [0.1, 0.15) is 30.5 Å². The van der Waals surface area contributed by atoms with Crippen molar-refractivity contribution in [3.8, 4) is 5.75 Å². The van der Waals surface area contributed by atoms with Crippen LogP contribution in [0.4, 0.5) is 5.69 Å². The Kier molecular flexibility index (Phi) is 8.68. The van der Waals surface area contributed by atoms with Gasteiger partial charge in [0.05, 0.1) is 31.5 Å². The van der Waals surface area contributed by atoms with E-state index in [1.807, 2.05) is 26.8 Å². The van der Waals surface area contributed by atoms with E-state index in [0.29, 0.717) is 10.7 Å². The van der Waals surface area contributed by atoms with Gasteiger partial charge in [-0.15, -0.1) is 0 Å². The Morgan fingerprint density at radius 3 is 2.44 bits per heavy atom. The average Bonchev–Trinajstić information content (AvgIpc) is 2.89. The van der Waals surface area contributed by atoms with E-state index in [9.17, 15) is 19.5 Å². The summed E-state index contributed by atoms with van der Waals surface area (Å²) in [6.07, 6.45) is 1.55. The zero-order valence-electron chi connectivity index (χ0n) is 21.9. The highest BCUT2D eigenvalue weighted by atomic mass is 35.5. The Bertz CT molecular complexity index is 1710. The Morgan fingerprint density at radius 2 is 1.77 bits per heavy atom. The molecule has 204 valence electrons. The largest absolute Gasteiger partial charge is 0.491 e. The van der Waals surface area contributed by atoms with Gasteiger partial charge < -0.3 is 14.4 Å². The van der Waals surface area contributed by atoms with Crippen molar-refractivity contribution < 1.29 is 9.84 Å². The van der Waals surface area contributed by atoms with Crippen LogP contribution in [0, 0.1) is 6.92 Å². The second-order valence-corrected chi connectivity index (χ2v) is 9.76. The summed E-state index contributed by atoms with van der Waals surface area (Å²) in [5.41, 5.74) is 0.690. The van der Waals surface area contributed by atoms with Crippen LogP contribution in [0.3, 0.4) is 0 Å². The number of nitrogens with one attached hydrogen (secondary N) is 1. The molecule has 0 aliphatic carbocycles. The highest BCUT2D eigenvalue weighted by Crippen LogP contribution is 2.24. The van der Waals surface area contributed by atoms with E-state index in [4.69, 9.17) is 16.3 Å². The van der Waals surface area contributed by atoms with Gasteiger partial charge in [0.15, 0.2) is 0 Å². The first-order chi connectivity index (χ1) is 18.7. The molecule has 4 aromatic rings. The van der Waals surface area contributed by atoms with Gasteiger partial charge in [-0.3, -0.25) is 14.3 Å². The first-order valence-corrected chi connectivity index (χ1v) is 12.8. The number of aliphatic hydroxyl groups is 1. The molecule has 2 heterocycles. The van der Waals surface area contributed by atoms with E-state index in [2.05, 4.69) is 9.98 Å². The number of ether oxygens (including phenoxy) is 1. The van der Waals surface area contributed by atoms with Crippen LogP contribution in [0.25, 0.3) is 0 Å². The van der Waals surface area contributed by atoms with Crippen molar-refractivity contribution in [2.75, 3.05) is 6.61 Å². The van der Waals surface area contributed by atoms with Gasteiger partial charge in [0.25, 0.3) is 5.56 Å². The number of rotatable bonds is 9. The van der Waals surface area contributed by atoms with Crippen molar-refractivity contribution in [3.05, 3.63) is 119 Å². The minimum absolute atomic E-state index is 0.00865. The zero-order chi connectivity index (χ0) is 28.1. The summed E-state index contributed by atoms with van der Waals surface area (Å²) in [6, 6.07) is 15.5. The lowest BCUT2D eigenvalue weighted by Gasteiger charge is -2.13. The molecule has 0 spiro atoms. The van der Waals surface area contributed by atoms with Crippen LogP contribution >= 0.6 is 11.6 Å². The number of hydrogen-bond donors (Lipinski definition) is 2. The van der Waals surface area contributed by atoms with E-state index in [0.717, 1.165) is 21.4 Å². The summed E-state index contributed by atoms with van der Waals surface area (Å²) < 4.78 is 9.42. The molecule has 11 heteroatoms. The fourth-order valence-corrected chi connectivity index (χ4v) is 4.19. The fourth-order valence-electron chi connectivity index (χ4n) is 4.07. The Hall–Kier alpha value is -4.15. The van der Waals surface area contributed by atoms with Crippen molar-refractivity contribution in [2.24, 2.45) is 4.99 Å². The lowest BCUT2D eigenvalue weighted by molar-refractivity contribution is 0.241. The van der Waals surface area contributed by atoms with E-state index in [1.54, 1.807) is 48.5 Å². The highest BCUT2D eigenvalue weighted by molar-refractivity contribution is 6.30. The molecule has 0 aliphatic rings. The Morgan fingerprint density at radius 1 is 1.03 bits per heavy atom. The summed E-state index contributed by atoms with van der Waals surface area (Å²) in [7, 11) is 0. The molecule has 2 aromatic heterocycles. The molecule has 2 N–H and O–H groups in total. The third-order valence-corrected chi connectivity index (χ3v) is 6.21. The minimum atomic E-state index is -0.709. The number of aryl methyl sites for hydroxylation is 1. The highest BCUT2D eigenvalue weighted by Gasteiger charge is 2.13. The van der Waals surface area contributed by atoms with E-state index >= 15 is 0 Å². The predicted molar refractivity (Wildman–Crippen MR) is 149 cm³/mol. The first-order valence-electron chi connectivity index (χ1n) is 12.5. The molecule has 0 amide bonds. The number of hydrogen-bond acceptors (Lipinski definition) is 6. The molecule has 0 saturated carbocycles. The van der Waals surface area contributed by atoms with Gasteiger partial charge in [0.2, 0.25) is 5.62 Å². The van der Waals surface area contributed by atoms with Gasteiger partial charge in [-0.1, -0.05) is 29.8 Å². The number of aromatic amines is 1. The molecule has 0 fully saturated rings. The van der Waals surface area contributed by atoms with Gasteiger partial charge in [-0.05, 0) is 68.3 Å². The molecule has 0 atom stereocenters. The topological polar surface area (TPSA) is 124 Å². The first kappa shape index (κ1) is 27.9. The number of nitrogens with zero attached hydrogens (tertiary/aromatic N) is 4. The number of aromatic nitrogens is 4. The molecular formula is C28H30ClN5O5. The predicted octanol–water partition coefficient (Wildman–Crippen LogP) is 2.57. The smallest absolute Gasteiger partial charge is 0.335 e. The standard InChI is InChI=1S/C28H30ClN5O5/c1-18(2)39-24-11-10-23(15-19(24)3)30-26-31-27(37)34(17-21-5-4-12-32(13-14-35)25(21)36)28(38)33(26)16-20-6-8-22(29)9-7-20/h4-12,15,18,35H,13-14,16-17H2,1-3H3,(H,30,31,37). The molecule has 4 rings (SSSR count). The number of pyridine rings is 1. The van der Waals surface area contributed by atoms with Crippen molar-refractivity contribution in [1.82, 2.24) is 18.7 Å². The minimum Gasteiger partial charge on any atom is -0.491 e. The van der Waals surface area contributed by atoms with E-state index in [-0.39, 0.29) is 43.5 Å². The molecule has 0 saturated heterocycles. The summed E-state index contributed by atoms with van der Waals surface area (Å²) in [5.74, 6) is 0.719. The summed E-state index contributed by atoms with van der Waals surface area (Å²) >= 11 is 6.03. The van der Waals surface area contributed by atoms with Crippen molar-refractivity contribution in [2.45, 2.75) is 46.5 Å². The number of benzene rings is 2. The molecule has 39 heavy (non-hydrogen) atoms. The number of H-pyrrole nitrogens is 1. The average molecular weight is 552 g/mol. The molecule has 0 bridgehead atoms. The zero-order valence-corrected chi connectivity index (χ0v) is 22.7. The summed E-state index contributed by atoms with van der Waals surface area (Å²) in [6.45, 7) is 5.51. The number of halogens is 1. The maximum absolute atomic E-state index is 13.7. The molecule has 0 aliphatic heterocycles. The Labute approximate surface area is 229 Å².